The van der Waals surface area contributed by atoms with E-state index in [4.69, 9.17) is 0 Å². The highest BCUT2D eigenvalue weighted by molar-refractivity contribution is 5.83. The van der Waals surface area contributed by atoms with E-state index in [1.54, 1.807) is 0 Å². The van der Waals surface area contributed by atoms with E-state index in [0.29, 0.717) is 12.6 Å². The Morgan fingerprint density at radius 1 is 1.29 bits per heavy atom. The molecule has 114 valence electrons. The van der Waals surface area contributed by atoms with Crippen LogP contribution in [0.4, 0.5) is 0 Å². The molecule has 0 fully saturated rings. The van der Waals surface area contributed by atoms with Gasteiger partial charge in [0.2, 0.25) is 5.91 Å². The smallest absolute Gasteiger partial charge is 0.239 e. The maximum atomic E-state index is 11.8. The number of carbonyl (C=O) groups excluding carboxylic acids is 1. The third kappa shape index (κ3) is 4.33. The summed E-state index contributed by atoms with van der Waals surface area (Å²) in [6, 6.07) is 8.96. The summed E-state index contributed by atoms with van der Waals surface area (Å²) in [5.74, 6) is 0.0694. The first-order valence-corrected chi connectivity index (χ1v) is 7.68. The number of amides is 1. The van der Waals surface area contributed by atoms with E-state index in [2.05, 4.69) is 55.7 Å². The molecule has 2 aromatic rings. The Labute approximate surface area is 126 Å². The number of nitrogens with zero attached hydrogens (tertiary/aromatic N) is 1. The van der Waals surface area contributed by atoms with Crippen molar-refractivity contribution in [1.82, 2.24) is 15.2 Å². The number of rotatable bonds is 7. The number of aromatic nitrogens is 1. The summed E-state index contributed by atoms with van der Waals surface area (Å²) < 4.78 is 2.00. The summed E-state index contributed by atoms with van der Waals surface area (Å²) in [5.41, 5.74) is 2.37. The molecule has 0 bridgehead atoms. The Hall–Kier alpha value is -1.81. The molecule has 0 radical (unpaired) electrons. The van der Waals surface area contributed by atoms with Gasteiger partial charge in [0.15, 0.2) is 0 Å². The molecule has 0 unspecified atom stereocenters. The molecule has 2 rings (SSSR count). The van der Waals surface area contributed by atoms with Crippen molar-refractivity contribution >= 4 is 16.8 Å². The van der Waals surface area contributed by atoms with Gasteiger partial charge in [-0.3, -0.25) is 4.79 Å². The Balaban J connectivity index is 2.08. The predicted molar refractivity (Wildman–Crippen MR) is 87.2 cm³/mol. The highest BCUT2D eigenvalue weighted by Gasteiger charge is 2.06. The fourth-order valence-electron chi connectivity index (χ4n) is 2.29. The number of carbonyl (C=O) groups is 1. The molecule has 0 atom stereocenters. The third-order valence-corrected chi connectivity index (χ3v) is 3.44. The fourth-order valence-corrected chi connectivity index (χ4v) is 2.29. The normalized spacial score (nSPS) is 11.2. The van der Waals surface area contributed by atoms with Crippen LogP contribution in [0.25, 0.3) is 10.9 Å². The lowest BCUT2D eigenvalue weighted by atomic mass is 10.1. The van der Waals surface area contributed by atoms with Crippen LogP contribution in [-0.2, 0) is 17.9 Å². The SMILES string of the molecule is CCCNC(=O)Cn1ccc2cc(CNC(C)C)ccc21. The van der Waals surface area contributed by atoms with Gasteiger partial charge in [0, 0.05) is 30.8 Å². The van der Waals surface area contributed by atoms with Gasteiger partial charge in [0.25, 0.3) is 0 Å². The number of fused-ring (bicyclic) bond motifs is 1. The summed E-state index contributed by atoms with van der Waals surface area (Å²) in [5, 5.41) is 7.51. The highest BCUT2D eigenvalue weighted by Crippen LogP contribution is 2.17. The molecular formula is C17H25N3O. The molecule has 21 heavy (non-hydrogen) atoms. The van der Waals surface area contributed by atoms with Gasteiger partial charge in [-0.15, -0.1) is 0 Å². The Bertz CT molecular complexity index is 601. The van der Waals surface area contributed by atoms with Gasteiger partial charge in [0.05, 0.1) is 0 Å². The predicted octanol–water partition coefficient (Wildman–Crippen LogP) is 2.67. The van der Waals surface area contributed by atoms with E-state index in [1.165, 1.54) is 10.9 Å². The first-order valence-electron chi connectivity index (χ1n) is 7.68. The van der Waals surface area contributed by atoms with Crippen molar-refractivity contribution in [3.63, 3.8) is 0 Å². The Kier molecular flexibility index (Phi) is 5.39. The zero-order valence-electron chi connectivity index (χ0n) is 13.1. The molecule has 0 aliphatic carbocycles. The van der Waals surface area contributed by atoms with Crippen molar-refractivity contribution in [2.75, 3.05) is 6.54 Å². The van der Waals surface area contributed by atoms with Crippen molar-refractivity contribution in [2.45, 2.75) is 46.3 Å². The van der Waals surface area contributed by atoms with Crippen LogP contribution >= 0.6 is 0 Å². The Morgan fingerprint density at radius 2 is 2.10 bits per heavy atom. The lowest BCUT2D eigenvalue weighted by Gasteiger charge is -2.09. The summed E-state index contributed by atoms with van der Waals surface area (Å²) in [7, 11) is 0. The molecule has 4 nitrogen and oxygen atoms in total. The standard InChI is InChI=1S/C17H25N3O/c1-4-8-18-17(21)12-20-9-7-15-10-14(5-6-16(15)20)11-19-13(2)3/h5-7,9-10,13,19H,4,8,11-12H2,1-3H3,(H,18,21). The van der Waals surface area contributed by atoms with Gasteiger partial charge < -0.3 is 15.2 Å². The average molecular weight is 287 g/mol. The quantitative estimate of drug-likeness (QED) is 0.822. The molecule has 0 aliphatic rings. The summed E-state index contributed by atoms with van der Waals surface area (Å²) in [6.45, 7) is 8.33. The van der Waals surface area contributed by atoms with Gasteiger partial charge in [-0.25, -0.2) is 0 Å². The van der Waals surface area contributed by atoms with Crippen molar-refractivity contribution in [3.05, 3.63) is 36.0 Å². The maximum absolute atomic E-state index is 11.8. The van der Waals surface area contributed by atoms with E-state index in [9.17, 15) is 4.79 Å². The first kappa shape index (κ1) is 15.6. The van der Waals surface area contributed by atoms with Gasteiger partial charge in [-0.2, -0.15) is 0 Å². The second-order valence-electron chi connectivity index (χ2n) is 5.72. The van der Waals surface area contributed by atoms with E-state index >= 15 is 0 Å². The molecule has 0 saturated heterocycles. The molecule has 1 aromatic heterocycles. The molecule has 4 heteroatoms. The molecule has 0 saturated carbocycles. The lowest BCUT2D eigenvalue weighted by Crippen LogP contribution is -2.27. The van der Waals surface area contributed by atoms with Crippen LogP contribution in [0.3, 0.4) is 0 Å². The van der Waals surface area contributed by atoms with Crippen LogP contribution in [0, 0.1) is 0 Å². The summed E-state index contributed by atoms with van der Waals surface area (Å²) in [6.07, 6.45) is 2.94. The molecule has 1 amide bonds. The van der Waals surface area contributed by atoms with Crippen LogP contribution in [-0.4, -0.2) is 23.1 Å². The zero-order valence-corrected chi connectivity index (χ0v) is 13.1. The summed E-state index contributed by atoms with van der Waals surface area (Å²) in [4.78, 5) is 11.8. The van der Waals surface area contributed by atoms with Crippen LogP contribution in [0.15, 0.2) is 30.5 Å². The van der Waals surface area contributed by atoms with E-state index in [0.717, 1.165) is 25.0 Å². The van der Waals surface area contributed by atoms with Crippen molar-refractivity contribution in [3.8, 4) is 0 Å². The Morgan fingerprint density at radius 3 is 2.81 bits per heavy atom. The van der Waals surface area contributed by atoms with Crippen molar-refractivity contribution in [1.29, 1.82) is 0 Å². The minimum absolute atomic E-state index is 0.0694. The number of hydrogen-bond acceptors (Lipinski definition) is 2. The molecule has 1 heterocycles. The second-order valence-corrected chi connectivity index (χ2v) is 5.72. The molecule has 0 aliphatic heterocycles. The zero-order chi connectivity index (χ0) is 15.2. The monoisotopic (exact) mass is 287 g/mol. The lowest BCUT2D eigenvalue weighted by molar-refractivity contribution is -0.121. The minimum Gasteiger partial charge on any atom is -0.355 e. The fraction of sp³-hybridized carbons (Fsp3) is 0.471. The van der Waals surface area contributed by atoms with Gasteiger partial charge in [-0.05, 0) is 35.6 Å². The number of benzene rings is 1. The first-order chi connectivity index (χ1) is 10.1. The van der Waals surface area contributed by atoms with Gasteiger partial charge in [-0.1, -0.05) is 26.8 Å². The third-order valence-electron chi connectivity index (χ3n) is 3.44. The van der Waals surface area contributed by atoms with Crippen LogP contribution in [0.1, 0.15) is 32.8 Å². The van der Waals surface area contributed by atoms with E-state index < -0.39 is 0 Å². The van der Waals surface area contributed by atoms with Gasteiger partial charge >= 0.3 is 0 Å². The number of hydrogen-bond donors (Lipinski definition) is 2. The van der Waals surface area contributed by atoms with Crippen LogP contribution in [0.2, 0.25) is 0 Å². The maximum Gasteiger partial charge on any atom is 0.239 e. The molecular weight excluding hydrogens is 262 g/mol. The van der Waals surface area contributed by atoms with E-state index in [1.807, 2.05) is 10.8 Å². The van der Waals surface area contributed by atoms with Crippen LogP contribution in [0.5, 0.6) is 0 Å². The highest BCUT2D eigenvalue weighted by atomic mass is 16.1. The van der Waals surface area contributed by atoms with Crippen molar-refractivity contribution in [2.24, 2.45) is 0 Å². The number of nitrogens with one attached hydrogen (secondary N) is 2. The molecule has 0 spiro atoms. The average Bonchev–Trinajstić information content (AvgIpc) is 2.85. The molecule has 1 aromatic carbocycles. The van der Waals surface area contributed by atoms with Crippen LogP contribution < -0.4 is 10.6 Å². The van der Waals surface area contributed by atoms with E-state index in [-0.39, 0.29) is 5.91 Å². The largest absolute Gasteiger partial charge is 0.355 e. The topological polar surface area (TPSA) is 46.1 Å². The summed E-state index contributed by atoms with van der Waals surface area (Å²) >= 11 is 0. The van der Waals surface area contributed by atoms with Gasteiger partial charge in [0.1, 0.15) is 6.54 Å². The van der Waals surface area contributed by atoms with Crippen molar-refractivity contribution < 1.29 is 4.79 Å². The minimum atomic E-state index is 0.0694. The second kappa shape index (κ2) is 7.27. The molecule has 2 N–H and O–H groups in total.